The van der Waals surface area contributed by atoms with Gasteiger partial charge in [0.15, 0.2) is 0 Å². The van der Waals surface area contributed by atoms with Crippen LogP contribution in [0.25, 0.3) is 22.3 Å². The second-order valence-corrected chi connectivity index (χ2v) is 7.80. The fraction of sp³-hybridized carbons (Fsp3) is 0.105. The standard InChI is InChI=1S/C19H14Cl2N4O2S/c1-25-10-22-17-7-12(3-5-18(17)25)23-19(26)27-9-13-8-16(24-28-13)14-4-2-11(20)6-15(14)21/h2-8,10H,9H2,1H3,(H,23,26). The predicted molar refractivity (Wildman–Crippen MR) is 112 cm³/mol. The molecule has 2 aromatic carbocycles. The first-order valence-electron chi connectivity index (χ1n) is 8.25. The average molecular weight is 433 g/mol. The lowest BCUT2D eigenvalue weighted by atomic mass is 10.1. The molecule has 1 N–H and O–H groups in total. The largest absolute Gasteiger partial charge is 0.444 e. The summed E-state index contributed by atoms with van der Waals surface area (Å²) in [4.78, 5) is 17.2. The van der Waals surface area contributed by atoms with E-state index in [2.05, 4.69) is 14.7 Å². The average Bonchev–Trinajstić information content (AvgIpc) is 3.27. The highest BCUT2D eigenvalue weighted by Gasteiger charge is 2.11. The Hall–Kier alpha value is -2.61. The normalized spacial score (nSPS) is 11.0. The van der Waals surface area contributed by atoms with Gasteiger partial charge in [-0.15, -0.1) is 0 Å². The van der Waals surface area contributed by atoms with Gasteiger partial charge in [-0.05, 0) is 54.0 Å². The minimum absolute atomic E-state index is 0.112. The van der Waals surface area contributed by atoms with Crippen molar-refractivity contribution >= 4 is 57.5 Å². The molecule has 0 fully saturated rings. The van der Waals surface area contributed by atoms with Gasteiger partial charge in [-0.25, -0.2) is 9.78 Å². The number of benzene rings is 2. The number of rotatable bonds is 4. The molecular weight excluding hydrogens is 419 g/mol. The number of carbonyl (C=O) groups excluding carboxylic acids is 1. The highest BCUT2D eigenvalue weighted by molar-refractivity contribution is 7.06. The molecule has 0 spiro atoms. The second kappa shape index (κ2) is 7.79. The number of imidazole rings is 1. The Labute approximate surface area is 174 Å². The summed E-state index contributed by atoms with van der Waals surface area (Å²) < 4.78 is 11.6. The summed E-state index contributed by atoms with van der Waals surface area (Å²) in [5, 5.41) is 3.79. The quantitative estimate of drug-likeness (QED) is 0.445. The summed E-state index contributed by atoms with van der Waals surface area (Å²) >= 11 is 13.4. The molecule has 4 aromatic rings. The lowest BCUT2D eigenvalue weighted by Gasteiger charge is -2.06. The zero-order valence-electron chi connectivity index (χ0n) is 14.6. The Balaban J connectivity index is 1.38. The SMILES string of the molecule is Cn1cnc2cc(NC(=O)OCc3cc(-c4ccc(Cl)cc4Cl)ns3)ccc21. The molecule has 0 unspecified atom stereocenters. The third-order valence-electron chi connectivity index (χ3n) is 4.08. The van der Waals surface area contributed by atoms with Gasteiger partial charge in [0, 0.05) is 23.3 Å². The summed E-state index contributed by atoms with van der Waals surface area (Å²) in [7, 11) is 1.91. The van der Waals surface area contributed by atoms with Gasteiger partial charge < -0.3 is 9.30 Å². The molecule has 0 aliphatic rings. The van der Waals surface area contributed by atoms with Crippen molar-refractivity contribution < 1.29 is 9.53 Å². The first-order valence-corrected chi connectivity index (χ1v) is 9.78. The van der Waals surface area contributed by atoms with E-state index in [1.54, 1.807) is 30.6 Å². The van der Waals surface area contributed by atoms with Crippen LogP contribution >= 0.6 is 34.7 Å². The Morgan fingerprint density at radius 1 is 1.21 bits per heavy atom. The Morgan fingerprint density at radius 3 is 2.89 bits per heavy atom. The molecule has 2 heterocycles. The summed E-state index contributed by atoms with van der Waals surface area (Å²) in [5.74, 6) is 0. The summed E-state index contributed by atoms with van der Waals surface area (Å²) in [5.41, 5.74) is 3.89. The van der Waals surface area contributed by atoms with E-state index in [0.29, 0.717) is 21.4 Å². The van der Waals surface area contributed by atoms with Gasteiger partial charge in [-0.1, -0.05) is 23.2 Å². The molecule has 0 radical (unpaired) electrons. The molecule has 0 aliphatic heterocycles. The maximum absolute atomic E-state index is 12.1. The number of fused-ring (bicyclic) bond motifs is 1. The van der Waals surface area contributed by atoms with E-state index in [4.69, 9.17) is 27.9 Å². The van der Waals surface area contributed by atoms with E-state index in [1.807, 2.05) is 29.8 Å². The predicted octanol–water partition coefficient (Wildman–Crippen LogP) is 5.75. The number of nitrogens with zero attached hydrogens (tertiary/aromatic N) is 3. The number of aromatic nitrogens is 3. The van der Waals surface area contributed by atoms with E-state index >= 15 is 0 Å². The minimum Gasteiger partial charge on any atom is -0.444 e. The Bertz CT molecular complexity index is 1170. The lowest BCUT2D eigenvalue weighted by molar-refractivity contribution is 0.156. The molecule has 0 saturated heterocycles. The van der Waals surface area contributed by atoms with Gasteiger partial charge in [0.2, 0.25) is 0 Å². The van der Waals surface area contributed by atoms with Crippen LogP contribution in [0.5, 0.6) is 0 Å². The summed E-state index contributed by atoms with van der Waals surface area (Å²) in [6.45, 7) is 0.112. The first kappa shape index (κ1) is 18.7. The Kier molecular flexibility index (Phi) is 5.21. The van der Waals surface area contributed by atoms with E-state index in [0.717, 1.165) is 21.5 Å². The van der Waals surface area contributed by atoms with Gasteiger partial charge in [-0.3, -0.25) is 5.32 Å². The van der Waals surface area contributed by atoms with Crippen LogP contribution in [0.15, 0.2) is 48.8 Å². The van der Waals surface area contributed by atoms with Crippen LogP contribution in [0.4, 0.5) is 10.5 Å². The third-order valence-corrected chi connectivity index (χ3v) is 5.39. The van der Waals surface area contributed by atoms with Crippen molar-refractivity contribution in [3.63, 3.8) is 0 Å². The molecule has 0 bridgehead atoms. The number of nitrogens with one attached hydrogen (secondary N) is 1. The van der Waals surface area contributed by atoms with Crippen molar-refractivity contribution in [2.24, 2.45) is 7.05 Å². The maximum Gasteiger partial charge on any atom is 0.411 e. The fourth-order valence-corrected chi connectivity index (χ4v) is 3.86. The number of hydrogen-bond acceptors (Lipinski definition) is 5. The highest BCUT2D eigenvalue weighted by Crippen LogP contribution is 2.31. The van der Waals surface area contributed by atoms with Crippen LogP contribution < -0.4 is 5.32 Å². The molecule has 4 rings (SSSR count). The maximum atomic E-state index is 12.1. The van der Waals surface area contributed by atoms with Gasteiger partial charge in [0.1, 0.15) is 6.61 Å². The van der Waals surface area contributed by atoms with Crippen molar-refractivity contribution in [3.8, 4) is 11.3 Å². The zero-order valence-corrected chi connectivity index (χ0v) is 17.0. The van der Waals surface area contributed by atoms with Gasteiger partial charge in [0.05, 0.1) is 33.0 Å². The van der Waals surface area contributed by atoms with Gasteiger partial charge >= 0.3 is 6.09 Å². The monoisotopic (exact) mass is 432 g/mol. The summed E-state index contributed by atoms with van der Waals surface area (Å²) in [6, 6.07) is 12.6. The number of carbonyl (C=O) groups is 1. The van der Waals surface area contributed by atoms with E-state index in [9.17, 15) is 4.79 Å². The number of halogens is 2. The van der Waals surface area contributed by atoms with Crippen molar-refractivity contribution in [1.82, 2.24) is 13.9 Å². The zero-order chi connectivity index (χ0) is 19.7. The summed E-state index contributed by atoms with van der Waals surface area (Å²) in [6.07, 6.45) is 1.18. The van der Waals surface area contributed by atoms with Crippen molar-refractivity contribution in [3.05, 3.63) is 63.7 Å². The van der Waals surface area contributed by atoms with Crippen LogP contribution in [0, 0.1) is 0 Å². The van der Waals surface area contributed by atoms with Crippen molar-refractivity contribution in [2.45, 2.75) is 6.61 Å². The molecule has 1 amide bonds. The molecule has 9 heteroatoms. The van der Waals surface area contributed by atoms with Crippen LogP contribution in [-0.2, 0) is 18.4 Å². The number of ether oxygens (including phenoxy) is 1. The van der Waals surface area contributed by atoms with Crippen LogP contribution in [-0.4, -0.2) is 20.0 Å². The molecule has 0 aliphatic carbocycles. The number of aryl methyl sites for hydroxylation is 1. The highest BCUT2D eigenvalue weighted by atomic mass is 35.5. The van der Waals surface area contributed by atoms with Gasteiger partial charge in [0.25, 0.3) is 0 Å². The van der Waals surface area contributed by atoms with Crippen molar-refractivity contribution in [1.29, 1.82) is 0 Å². The van der Waals surface area contributed by atoms with E-state index < -0.39 is 6.09 Å². The number of anilines is 1. The molecule has 2 aromatic heterocycles. The molecule has 0 atom stereocenters. The Morgan fingerprint density at radius 2 is 2.07 bits per heavy atom. The first-order chi connectivity index (χ1) is 13.5. The number of amides is 1. The fourth-order valence-electron chi connectivity index (χ4n) is 2.71. The lowest BCUT2D eigenvalue weighted by Crippen LogP contribution is -2.13. The smallest absolute Gasteiger partial charge is 0.411 e. The minimum atomic E-state index is -0.547. The second-order valence-electron chi connectivity index (χ2n) is 6.06. The number of hydrogen-bond donors (Lipinski definition) is 1. The molecule has 142 valence electrons. The van der Waals surface area contributed by atoms with E-state index in [-0.39, 0.29) is 6.61 Å². The van der Waals surface area contributed by atoms with Gasteiger partial charge in [-0.2, -0.15) is 4.37 Å². The van der Waals surface area contributed by atoms with Crippen LogP contribution in [0.1, 0.15) is 4.88 Å². The topological polar surface area (TPSA) is 69.0 Å². The van der Waals surface area contributed by atoms with E-state index in [1.165, 1.54) is 11.5 Å². The van der Waals surface area contributed by atoms with Crippen LogP contribution in [0.2, 0.25) is 10.0 Å². The molecule has 28 heavy (non-hydrogen) atoms. The van der Waals surface area contributed by atoms with Crippen molar-refractivity contribution in [2.75, 3.05) is 5.32 Å². The molecule has 0 saturated carbocycles. The molecular formula is C19H14Cl2N4O2S. The third kappa shape index (κ3) is 3.96. The molecule has 6 nitrogen and oxygen atoms in total. The van der Waals surface area contributed by atoms with Crippen LogP contribution in [0.3, 0.4) is 0 Å².